The van der Waals surface area contributed by atoms with Gasteiger partial charge in [0.25, 0.3) is 5.91 Å². The van der Waals surface area contributed by atoms with Crippen LogP contribution in [0, 0.1) is 5.82 Å². The predicted octanol–water partition coefficient (Wildman–Crippen LogP) is 1.94. The molecule has 2 aromatic heterocycles. The van der Waals surface area contributed by atoms with E-state index in [1.807, 2.05) is 12.3 Å². The summed E-state index contributed by atoms with van der Waals surface area (Å²) in [5.41, 5.74) is 1.21. The minimum absolute atomic E-state index is 0.179. The molecule has 0 fully saturated rings. The van der Waals surface area contributed by atoms with E-state index in [0.29, 0.717) is 24.3 Å². The largest absolute Gasteiger partial charge is 0.349 e. The highest BCUT2D eigenvalue weighted by molar-refractivity contribution is 5.98. The average Bonchev–Trinajstić information content (AvgIpc) is 3.08. The lowest BCUT2D eigenvalue weighted by atomic mass is 10.2. The van der Waals surface area contributed by atoms with Crippen LogP contribution in [0.25, 0.3) is 10.9 Å². The molecule has 3 rings (SSSR count). The van der Waals surface area contributed by atoms with Crippen LogP contribution in [0.1, 0.15) is 10.5 Å². The second-order valence-corrected chi connectivity index (χ2v) is 4.82. The van der Waals surface area contributed by atoms with Gasteiger partial charge in [-0.15, -0.1) is 0 Å². The van der Waals surface area contributed by atoms with E-state index in [0.717, 1.165) is 5.39 Å². The highest BCUT2D eigenvalue weighted by Crippen LogP contribution is 2.19. The van der Waals surface area contributed by atoms with E-state index < -0.39 is 0 Å². The fourth-order valence-electron chi connectivity index (χ4n) is 2.33. The summed E-state index contributed by atoms with van der Waals surface area (Å²) in [7, 11) is 1.75. The molecule has 0 aliphatic rings. The Balaban J connectivity index is 1.73. The number of nitrogens with zero attached hydrogens (tertiary/aromatic N) is 3. The van der Waals surface area contributed by atoms with Gasteiger partial charge in [0.05, 0.1) is 12.1 Å². The Morgan fingerprint density at radius 2 is 2.24 bits per heavy atom. The Kier molecular flexibility index (Phi) is 3.43. The third kappa shape index (κ3) is 2.65. The van der Waals surface area contributed by atoms with Crippen LogP contribution in [0.5, 0.6) is 0 Å². The number of carbonyl (C=O) groups is 1. The number of halogens is 1. The molecule has 0 bridgehead atoms. The van der Waals surface area contributed by atoms with Gasteiger partial charge in [-0.05, 0) is 30.3 Å². The zero-order valence-electron chi connectivity index (χ0n) is 11.6. The predicted molar refractivity (Wildman–Crippen MR) is 77.4 cm³/mol. The van der Waals surface area contributed by atoms with Gasteiger partial charge in [-0.2, -0.15) is 5.10 Å². The summed E-state index contributed by atoms with van der Waals surface area (Å²) >= 11 is 0. The zero-order valence-corrected chi connectivity index (χ0v) is 11.6. The van der Waals surface area contributed by atoms with Crippen molar-refractivity contribution >= 4 is 16.8 Å². The highest BCUT2D eigenvalue weighted by atomic mass is 19.1. The maximum atomic E-state index is 13.3. The van der Waals surface area contributed by atoms with E-state index in [9.17, 15) is 9.18 Å². The van der Waals surface area contributed by atoms with Crippen LogP contribution in [0.2, 0.25) is 0 Å². The van der Waals surface area contributed by atoms with Crippen LogP contribution >= 0.6 is 0 Å². The minimum atomic E-state index is -0.311. The number of aryl methyl sites for hydroxylation is 1. The molecule has 6 heteroatoms. The van der Waals surface area contributed by atoms with Crippen molar-refractivity contribution in [1.29, 1.82) is 0 Å². The first-order chi connectivity index (χ1) is 10.1. The number of aromatic nitrogens is 3. The molecule has 5 nitrogen and oxygen atoms in total. The molecule has 0 radical (unpaired) electrons. The normalized spacial score (nSPS) is 11.0. The molecule has 1 amide bonds. The molecule has 0 aliphatic heterocycles. The summed E-state index contributed by atoms with van der Waals surface area (Å²) < 4.78 is 16.7. The summed E-state index contributed by atoms with van der Waals surface area (Å²) in [5.74, 6) is -0.490. The zero-order chi connectivity index (χ0) is 14.8. The van der Waals surface area contributed by atoms with Crippen LogP contribution in [0.15, 0.2) is 42.7 Å². The van der Waals surface area contributed by atoms with Crippen molar-refractivity contribution in [3.05, 3.63) is 54.2 Å². The Labute approximate surface area is 121 Å². The van der Waals surface area contributed by atoms with Crippen molar-refractivity contribution < 1.29 is 9.18 Å². The van der Waals surface area contributed by atoms with Gasteiger partial charge in [-0.25, -0.2) is 4.39 Å². The molecule has 1 aromatic carbocycles. The maximum absolute atomic E-state index is 13.3. The number of hydrogen-bond donors (Lipinski definition) is 1. The van der Waals surface area contributed by atoms with E-state index in [4.69, 9.17) is 0 Å². The molecule has 0 atom stereocenters. The second kappa shape index (κ2) is 5.40. The van der Waals surface area contributed by atoms with Gasteiger partial charge in [0.15, 0.2) is 0 Å². The first-order valence-corrected chi connectivity index (χ1v) is 6.66. The molecule has 2 heterocycles. The van der Waals surface area contributed by atoms with Gasteiger partial charge < -0.3 is 9.88 Å². The Hall–Kier alpha value is -2.63. The van der Waals surface area contributed by atoms with E-state index in [1.54, 1.807) is 34.6 Å². The van der Waals surface area contributed by atoms with Crippen molar-refractivity contribution in [1.82, 2.24) is 19.7 Å². The monoisotopic (exact) mass is 286 g/mol. The lowest BCUT2D eigenvalue weighted by Crippen LogP contribution is -2.28. The van der Waals surface area contributed by atoms with Gasteiger partial charge in [-0.3, -0.25) is 9.48 Å². The number of rotatable bonds is 4. The molecular formula is C15H15FN4O. The Bertz CT molecular complexity index is 776. The first-order valence-electron chi connectivity index (χ1n) is 6.66. The van der Waals surface area contributed by atoms with Crippen LogP contribution in [0.4, 0.5) is 4.39 Å². The molecule has 1 N–H and O–H groups in total. The third-order valence-corrected chi connectivity index (χ3v) is 3.43. The summed E-state index contributed by atoms with van der Waals surface area (Å²) in [6.45, 7) is 1.09. The molecule has 0 saturated carbocycles. The Morgan fingerprint density at radius 3 is 3.00 bits per heavy atom. The molecule has 0 saturated heterocycles. The number of benzene rings is 1. The summed E-state index contributed by atoms with van der Waals surface area (Å²) in [4.78, 5) is 12.2. The van der Waals surface area contributed by atoms with Gasteiger partial charge in [-0.1, -0.05) is 0 Å². The van der Waals surface area contributed by atoms with E-state index >= 15 is 0 Å². The lowest BCUT2D eigenvalue weighted by Gasteiger charge is -2.06. The quantitative estimate of drug-likeness (QED) is 0.797. The van der Waals surface area contributed by atoms with Crippen molar-refractivity contribution in [2.75, 3.05) is 6.54 Å². The van der Waals surface area contributed by atoms with Crippen molar-refractivity contribution in [2.24, 2.45) is 7.05 Å². The number of nitrogens with one attached hydrogen (secondary N) is 1. The molecule has 0 aliphatic carbocycles. The number of fused-ring (bicyclic) bond motifs is 1. The van der Waals surface area contributed by atoms with E-state index in [2.05, 4.69) is 10.4 Å². The topological polar surface area (TPSA) is 51.9 Å². The average molecular weight is 286 g/mol. The second-order valence-electron chi connectivity index (χ2n) is 4.82. The van der Waals surface area contributed by atoms with Gasteiger partial charge in [0.2, 0.25) is 0 Å². The van der Waals surface area contributed by atoms with E-state index in [-0.39, 0.29) is 11.7 Å². The molecule has 21 heavy (non-hydrogen) atoms. The van der Waals surface area contributed by atoms with Gasteiger partial charge >= 0.3 is 0 Å². The standard InChI is InChI=1S/C15H15FN4O/c1-19-13-10-12(16)4-3-11(13)9-14(19)15(21)17-6-8-20-7-2-5-18-20/h2-5,7,9-10H,6,8H2,1H3,(H,17,21). The number of carbonyl (C=O) groups excluding carboxylic acids is 1. The molecule has 108 valence electrons. The van der Waals surface area contributed by atoms with Crippen LogP contribution in [-0.2, 0) is 13.6 Å². The van der Waals surface area contributed by atoms with E-state index in [1.165, 1.54) is 12.1 Å². The Morgan fingerprint density at radius 1 is 1.38 bits per heavy atom. The number of hydrogen-bond acceptors (Lipinski definition) is 2. The molecular weight excluding hydrogens is 271 g/mol. The van der Waals surface area contributed by atoms with Gasteiger partial charge in [0, 0.05) is 31.4 Å². The van der Waals surface area contributed by atoms with Crippen molar-refractivity contribution in [3.63, 3.8) is 0 Å². The SMILES string of the molecule is Cn1c(C(=O)NCCn2cccn2)cc2ccc(F)cc21. The lowest BCUT2D eigenvalue weighted by molar-refractivity contribution is 0.0944. The fraction of sp³-hybridized carbons (Fsp3) is 0.200. The van der Waals surface area contributed by atoms with Crippen LogP contribution in [-0.4, -0.2) is 26.8 Å². The summed E-state index contributed by atoms with van der Waals surface area (Å²) in [5, 5.41) is 7.75. The minimum Gasteiger partial charge on any atom is -0.349 e. The van der Waals surface area contributed by atoms with Crippen LogP contribution < -0.4 is 5.32 Å². The molecule has 3 aromatic rings. The molecule has 0 unspecified atom stereocenters. The fourth-order valence-corrected chi connectivity index (χ4v) is 2.33. The first kappa shape index (κ1) is 13.4. The van der Waals surface area contributed by atoms with Crippen molar-refractivity contribution in [3.8, 4) is 0 Å². The smallest absolute Gasteiger partial charge is 0.267 e. The number of amides is 1. The third-order valence-electron chi connectivity index (χ3n) is 3.43. The van der Waals surface area contributed by atoms with Crippen LogP contribution in [0.3, 0.4) is 0 Å². The van der Waals surface area contributed by atoms with Crippen molar-refractivity contribution in [2.45, 2.75) is 6.54 Å². The van der Waals surface area contributed by atoms with Gasteiger partial charge in [0.1, 0.15) is 11.5 Å². The summed E-state index contributed by atoms with van der Waals surface area (Å²) in [6, 6.07) is 8.08. The summed E-state index contributed by atoms with van der Waals surface area (Å²) in [6.07, 6.45) is 3.53. The molecule has 0 spiro atoms. The maximum Gasteiger partial charge on any atom is 0.267 e. The highest BCUT2D eigenvalue weighted by Gasteiger charge is 2.13.